The Balaban J connectivity index is 3.92. The van der Waals surface area contributed by atoms with E-state index in [1.165, 1.54) is 13.8 Å². The zero-order chi connectivity index (χ0) is 12.1. The predicted octanol–water partition coefficient (Wildman–Crippen LogP) is 0.391. The second-order valence-corrected chi connectivity index (χ2v) is 3.67. The molecule has 0 aliphatic carbocycles. The molecular formula is C7H14N2O6. The highest BCUT2D eigenvalue weighted by Gasteiger charge is 2.27. The molecule has 0 saturated carbocycles. The molecule has 2 atom stereocenters. The molecule has 8 nitrogen and oxygen atoms in total. The van der Waals surface area contributed by atoms with Crippen LogP contribution in [0.4, 0.5) is 0 Å². The third-order valence-corrected chi connectivity index (χ3v) is 1.83. The number of hydrogen-bond acceptors (Lipinski definition) is 6. The Kier molecular flexibility index (Phi) is 4.92. The molecule has 0 heterocycles. The third-order valence-electron chi connectivity index (χ3n) is 1.83. The Hall–Kier alpha value is -1.44. The van der Waals surface area contributed by atoms with E-state index in [1.54, 1.807) is 0 Å². The average Bonchev–Trinajstić information content (AvgIpc) is 1.97. The van der Waals surface area contributed by atoms with E-state index < -0.39 is 28.3 Å². The second-order valence-electron chi connectivity index (χ2n) is 3.67. The van der Waals surface area contributed by atoms with E-state index in [2.05, 4.69) is 4.84 Å². The molecule has 0 aliphatic heterocycles. The molecule has 0 aromatic heterocycles. The van der Waals surface area contributed by atoms with Crippen LogP contribution in [-0.2, 0) is 4.84 Å². The summed E-state index contributed by atoms with van der Waals surface area (Å²) in [6.07, 6.45) is -0.427. The molecule has 0 aromatic carbocycles. The molecule has 0 radical (unpaired) electrons. The monoisotopic (exact) mass is 222 g/mol. The van der Waals surface area contributed by atoms with E-state index in [0.717, 1.165) is 0 Å². The maximum Gasteiger partial charge on any atom is 0.294 e. The van der Waals surface area contributed by atoms with Crippen molar-refractivity contribution in [3.63, 3.8) is 0 Å². The first-order valence-corrected chi connectivity index (χ1v) is 4.38. The van der Waals surface area contributed by atoms with Gasteiger partial charge in [0.25, 0.3) is 5.09 Å². The topological polar surface area (TPSA) is 116 Å². The lowest BCUT2D eigenvalue weighted by molar-refractivity contribution is -0.767. The molecule has 1 N–H and O–H groups in total. The van der Waals surface area contributed by atoms with Gasteiger partial charge in [0.1, 0.15) is 11.7 Å². The first-order chi connectivity index (χ1) is 6.73. The van der Waals surface area contributed by atoms with Crippen molar-refractivity contribution in [2.24, 2.45) is 0 Å². The number of hydrogen-bond donors (Lipinski definition) is 1. The van der Waals surface area contributed by atoms with Crippen LogP contribution in [0.5, 0.6) is 0 Å². The van der Waals surface area contributed by atoms with Crippen molar-refractivity contribution in [1.29, 1.82) is 0 Å². The highest BCUT2D eigenvalue weighted by Crippen LogP contribution is 2.15. The molecule has 0 spiro atoms. The summed E-state index contributed by atoms with van der Waals surface area (Å²) in [5.41, 5.74) is -1.46. The van der Waals surface area contributed by atoms with Crippen LogP contribution in [0.3, 0.4) is 0 Å². The van der Waals surface area contributed by atoms with Gasteiger partial charge < -0.3 is 9.94 Å². The summed E-state index contributed by atoms with van der Waals surface area (Å²) in [6, 6.07) is 0. The Labute approximate surface area is 86.1 Å². The van der Waals surface area contributed by atoms with E-state index in [1.807, 2.05) is 0 Å². The molecule has 88 valence electrons. The van der Waals surface area contributed by atoms with Gasteiger partial charge in [-0.25, -0.2) is 0 Å². The van der Waals surface area contributed by atoms with Crippen molar-refractivity contribution in [3.05, 3.63) is 20.2 Å². The quantitative estimate of drug-likeness (QED) is 0.492. The number of rotatable bonds is 7. The normalized spacial score (nSPS) is 16.5. The van der Waals surface area contributed by atoms with Gasteiger partial charge in [-0.2, -0.15) is 0 Å². The Bertz CT molecular complexity index is 242. The fraction of sp³-hybridized carbons (Fsp3) is 1.00. The second kappa shape index (κ2) is 5.44. The van der Waals surface area contributed by atoms with Crippen molar-refractivity contribution in [2.75, 3.05) is 6.54 Å². The minimum Gasteiger partial charge on any atom is -0.383 e. The zero-order valence-corrected chi connectivity index (χ0v) is 8.58. The van der Waals surface area contributed by atoms with E-state index in [9.17, 15) is 25.3 Å². The largest absolute Gasteiger partial charge is 0.383 e. The van der Waals surface area contributed by atoms with Crippen LogP contribution in [0.25, 0.3) is 0 Å². The standard InChI is InChI=1S/C7H14N2O6/c1-6(15-9(13)14)3-4-7(2,10)5-8(11)12/h6,10H,3-5H2,1-2H3. The summed E-state index contributed by atoms with van der Waals surface area (Å²) in [4.78, 5) is 23.6. The van der Waals surface area contributed by atoms with Crippen LogP contribution < -0.4 is 0 Å². The van der Waals surface area contributed by atoms with Gasteiger partial charge in [-0.1, -0.05) is 0 Å². The minimum absolute atomic E-state index is 0.0724. The van der Waals surface area contributed by atoms with Gasteiger partial charge >= 0.3 is 0 Å². The molecule has 0 fully saturated rings. The van der Waals surface area contributed by atoms with Crippen LogP contribution in [0.1, 0.15) is 26.7 Å². The predicted molar refractivity (Wildman–Crippen MR) is 49.3 cm³/mol. The molecule has 0 amide bonds. The Morgan fingerprint density at radius 3 is 2.40 bits per heavy atom. The highest BCUT2D eigenvalue weighted by atomic mass is 17.0. The van der Waals surface area contributed by atoms with Gasteiger partial charge in [0.05, 0.1) is 0 Å². The van der Waals surface area contributed by atoms with Crippen LogP contribution in [-0.4, -0.2) is 33.4 Å². The van der Waals surface area contributed by atoms with E-state index >= 15 is 0 Å². The van der Waals surface area contributed by atoms with Crippen LogP contribution >= 0.6 is 0 Å². The van der Waals surface area contributed by atoms with Gasteiger partial charge in [-0.3, -0.25) is 10.1 Å². The lowest BCUT2D eigenvalue weighted by Gasteiger charge is -2.19. The van der Waals surface area contributed by atoms with E-state index in [-0.39, 0.29) is 12.8 Å². The molecule has 8 heteroatoms. The van der Waals surface area contributed by atoms with Crippen LogP contribution in [0, 0.1) is 20.2 Å². The first-order valence-electron chi connectivity index (χ1n) is 4.38. The Morgan fingerprint density at radius 2 is 2.00 bits per heavy atom. The minimum atomic E-state index is -1.46. The zero-order valence-electron chi connectivity index (χ0n) is 8.58. The number of nitro groups is 1. The number of aliphatic hydroxyl groups is 1. The fourth-order valence-electron chi connectivity index (χ4n) is 1.07. The summed E-state index contributed by atoms with van der Waals surface area (Å²) in [6.45, 7) is 2.19. The van der Waals surface area contributed by atoms with Gasteiger partial charge in [0.2, 0.25) is 6.54 Å². The summed E-state index contributed by atoms with van der Waals surface area (Å²) in [7, 11) is 0. The van der Waals surface area contributed by atoms with Gasteiger partial charge in [0.15, 0.2) is 0 Å². The van der Waals surface area contributed by atoms with Gasteiger partial charge in [-0.15, -0.1) is 10.1 Å². The van der Waals surface area contributed by atoms with Crippen molar-refractivity contribution >= 4 is 0 Å². The van der Waals surface area contributed by atoms with Gasteiger partial charge in [-0.05, 0) is 26.7 Å². The molecule has 0 aliphatic rings. The van der Waals surface area contributed by atoms with Crippen LogP contribution in [0.15, 0.2) is 0 Å². The maximum absolute atomic E-state index is 10.1. The molecule has 0 saturated heterocycles. The van der Waals surface area contributed by atoms with Crippen molar-refractivity contribution < 1.29 is 20.0 Å². The summed E-state index contributed by atoms with van der Waals surface area (Å²) >= 11 is 0. The number of nitrogens with zero attached hydrogens (tertiary/aromatic N) is 2. The van der Waals surface area contributed by atoms with E-state index in [4.69, 9.17) is 0 Å². The smallest absolute Gasteiger partial charge is 0.294 e. The van der Waals surface area contributed by atoms with Crippen LogP contribution in [0.2, 0.25) is 0 Å². The fourth-order valence-corrected chi connectivity index (χ4v) is 1.07. The SMILES string of the molecule is CC(CCC(C)(O)C[N+](=O)[O-])O[N+](=O)[O-]. The molecule has 15 heavy (non-hydrogen) atoms. The molecule has 0 bridgehead atoms. The molecule has 2 unspecified atom stereocenters. The van der Waals surface area contributed by atoms with E-state index in [0.29, 0.717) is 0 Å². The molecule has 0 aromatic rings. The lowest BCUT2D eigenvalue weighted by atomic mass is 9.99. The Morgan fingerprint density at radius 1 is 1.47 bits per heavy atom. The highest BCUT2D eigenvalue weighted by molar-refractivity contribution is 4.72. The van der Waals surface area contributed by atoms with Gasteiger partial charge in [0, 0.05) is 4.92 Å². The van der Waals surface area contributed by atoms with Crippen molar-refractivity contribution in [2.45, 2.75) is 38.4 Å². The maximum atomic E-state index is 10.1. The van der Waals surface area contributed by atoms with Crippen molar-refractivity contribution in [1.82, 2.24) is 0 Å². The molecular weight excluding hydrogens is 208 g/mol. The lowest BCUT2D eigenvalue weighted by Crippen LogP contribution is -2.34. The summed E-state index contributed by atoms with van der Waals surface area (Å²) < 4.78 is 0. The summed E-state index contributed by atoms with van der Waals surface area (Å²) in [5, 5.41) is 28.6. The third kappa shape index (κ3) is 7.62. The summed E-state index contributed by atoms with van der Waals surface area (Å²) in [5.74, 6) is 0. The van der Waals surface area contributed by atoms with Crippen molar-refractivity contribution in [3.8, 4) is 0 Å². The molecule has 0 rings (SSSR count). The first kappa shape index (κ1) is 13.6. The average molecular weight is 222 g/mol.